The summed E-state index contributed by atoms with van der Waals surface area (Å²) in [5, 5.41) is 0. The first-order chi connectivity index (χ1) is 5.29. The van der Waals surface area contributed by atoms with Crippen LogP contribution in [0.25, 0.3) is 0 Å². The summed E-state index contributed by atoms with van der Waals surface area (Å²) in [4.78, 5) is 0. The van der Waals surface area contributed by atoms with E-state index in [4.69, 9.17) is 4.74 Å². The molecule has 1 nitrogen and oxygen atoms in total. The van der Waals surface area contributed by atoms with Gasteiger partial charge in [0.05, 0.1) is 7.11 Å². The van der Waals surface area contributed by atoms with Crippen LogP contribution in [-0.4, -0.2) is 7.11 Å². The summed E-state index contributed by atoms with van der Waals surface area (Å²) in [7, 11) is 1.70. The van der Waals surface area contributed by atoms with Crippen LogP contribution in [0.2, 0.25) is 0 Å². The molecular formula is C9H11BrO. The molecule has 0 bridgehead atoms. The maximum atomic E-state index is 5.19. The molecule has 0 saturated heterocycles. The molecule has 0 heterocycles. The van der Waals surface area contributed by atoms with Gasteiger partial charge in [-0.3, -0.25) is 0 Å². The van der Waals surface area contributed by atoms with Crippen molar-refractivity contribution in [2.75, 3.05) is 7.11 Å². The van der Waals surface area contributed by atoms with Crippen molar-refractivity contribution in [3.05, 3.63) is 28.2 Å². The molecule has 0 aromatic heterocycles. The Morgan fingerprint density at radius 2 is 2.18 bits per heavy atom. The zero-order valence-corrected chi connectivity index (χ0v) is 8.31. The molecule has 0 aliphatic carbocycles. The van der Waals surface area contributed by atoms with Crippen molar-refractivity contribution < 1.29 is 4.74 Å². The normalized spacial score (nSPS) is 9.73. The third kappa shape index (κ3) is 1.74. The molecule has 0 fully saturated rings. The van der Waals surface area contributed by atoms with Gasteiger partial charge < -0.3 is 4.74 Å². The van der Waals surface area contributed by atoms with Gasteiger partial charge in [-0.25, -0.2) is 0 Å². The van der Waals surface area contributed by atoms with Crippen LogP contribution in [0.5, 0.6) is 5.75 Å². The van der Waals surface area contributed by atoms with Crippen LogP contribution in [0.15, 0.2) is 22.7 Å². The lowest BCUT2D eigenvalue weighted by Crippen LogP contribution is -1.90. The number of hydrogen-bond donors (Lipinski definition) is 0. The molecular weight excluding hydrogens is 204 g/mol. The van der Waals surface area contributed by atoms with Crippen LogP contribution in [0.1, 0.15) is 12.5 Å². The first-order valence-electron chi connectivity index (χ1n) is 3.61. The molecule has 0 saturated carbocycles. The van der Waals surface area contributed by atoms with Gasteiger partial charge in [0.25, 0.3) is 0 Å². The lowest BCUT2D eigenvalue weighted by Gasteiger charge is -2.07. The second-order valence-electron chi connectivity index (χ2n) is 2.27. The van der Waals surface area contributed by atoms with Crippen molar-refractivity contribution >= 4 is 15.9 Å². The third-order valence-electron chi connectivity index (χ3n) is 1.65. The van der Waals surface area contributed by atoms with Crippen LogP contribution in [-0.2, 0) is 6.42 Å². The van der Waals surface area contributed by atoms with E-state index in [9.17, 15) is 0 Å². The average molecular weight is 215 g/mol. The molecule has 0 atom stereocenters. The zero-order chi connectivity index (χ0) is 8.27. The van der Waals surface area contributed by atoms with Gasteiger partial charge in [0, 0.05) is 10.0 Å². The molecule has 11 heavy (non-hydrogen) atoms. The van der Waals surface area contributed by atoms with Gasteiger partial charge in [0.15, 0.2) is 0 Å². The number of halogens is 1. The quantitative estimate of drug-likeness (QED) is 0.736. The van der Waals surface area contributed by atoms with E-state index in [0.717, 1.165) is 16.6 Å². The topological polar surface area (TPSA) is 9.23 Å². The number of benzene rings is 1. The first-order valence-corrected chi connectivity index (χ1v) is 4.40. The predicted octanol–water partition coefficient (Wildman–Crippen LogP) is 3.02. The Balaban J connectivity index is 3.13. The maximum absolute atomic E-state index is 5.19. The van der Waals surface area contributed by atoms with Crippen LogP contribution in [0, 0.1) is 0 Å². The van der Waals surface area contributed by atoms with Gasteiger partial charge in [-0.05, 0) is 18.6 Å². The number of methoxy groups -OCH3 is 1. The predicted molar refractivity (Wildman–Crippen MR) is 50.1 cm³/mol. The smallest absolute Gasteiger partial charge is 0.123 e. The van der Waals surface area contributed by atoms with Crippen LogP contribution < -0.4 is 4.74 Å². The molecule has 0 unspecified atom stereocenters. The van der Waals surface area contributed by atoms with E-state index in [1.54, 1.807) is 7.11 Å². The summed E-state index contributed by atoms with van der Waals surface area (Å²) in [6.07, 6.45) is 0.991. The van der Waals surface area contributed by atoms with E-state index in [0.29, 0.717) is 0 Å². The van der Waals surface area contributed by atoms with E-state index < -0.39 is 0 Å². The van der Waals surface area contributed by atoms with E-state index in [2.05, 4.69) is 22.9 Å². The summed E-state index contributed by atoms with van der Waals surface area (Å²) < 4.78 is 6.31. The molecule has 1 rings (SSSR count). The summed E-state index contributed by atoms with van der Waals surface area (Å²) >= 11 is 3.47. The highest BCUT2D eigenvalue weighted by atomic mass is 79.9. The standard InChI is InChI=1S/C9H11BrO/c1-3-7-8(10)5-4-6-9(7)11-2/h4-6H,3H2,1-2H3. The lowest BCUT2D eigenvalue weighted by atomic mass is 10.1. The molecule has 0 N–H and O–H groups in total. The monoisotopic (exact) mass is 214 g/mol. The summed E-state index contributed by atoms with van der Waals surface area (Å²) in [6.45, 7) is 2.11. The molecule has 0 aliphatic heterocycles. The summed E-state index contributed by atoms with van der Waals surface area (Å²) in [6, 6.07) is 5.98. The summed E-state index contributed by atoms with van der Waals surface area (Å²) in [5.41, 5.74) is 1.23. The molecule has 1 aromatic carbocycles. The van der Waals surface area contributed by atoms with Crippen molar-refractivity contribution in [2.24, 2.45) is 0 Å². The maximum Gasteiger partial charge on any atom is 0.123 e. The minimum absolute atomic E-state index is 0.960. The minimum atomic E-state index is 0.960. The van der Waals surface area contributed by atoms with Gasteiger partial charge in [-0.2, -0.15) is 0 Å². The SMILES string of the molecule is CCc1c(Br)cccc1OC. The average Bonchev–Trinajstić information content (AvgIpc) is 2.04. The Hall–Kier alpha value is -0.500. The fourth-order valence-electron chi connectivity index (χ4n) is 1.07. The van der Waals surface area contributed by atoms with Crippen molar-refractivity contribution in [1.29, 1.82) is 0 Å². The van der Waals surface area contributed by atoms with Crippen molar-refractivity contribution in [3.63, 3.8) is 0 Å². The van der Waals surface area contributed by atoms with Crippen LogP contribution in [0.3, 0.4) is 0 Å². The lowest BCUT2D eigenvalue weighted by molar-refractivity contribution is 0.410. The Morgan fingerprint density at radius 1 is 1.45 bits per heavy atom. The van der Waals surface area contributed by atoms with E-state index in [1.165, 1.54) is 5.56 Å². The van der Waals surface area contributed by atoms with Crippen LogP contribution in [0.4, 0.5) is 0 Å². The van der Waals surface area contributed by atoms with E-state index in [1.807, 2.05) is 18.2 Å². The molecule has 2 heteroatoms. The van der Waals surface area contributed by atoms with Crippen molar-refractivity contribution in [3.8, 4) is 5.75 Å². The van der Waals surface area contributed by atoms with Crippen LogP contribution >= 0.6 is 15.9 Å². The summed E-state index contributed by atoms with van der Waals surface area (Å²) in [5.74, 6) is 0.960. The van der Waals surface area contributed by atoms with E-state index in [-0.39, 0.29) is 0 Å². The second-order valence-corrected chi connectivity index (χ2v) is 3.13. The highest BCUT2D eigenvalue weighted by molar-refractivity contribution is 9.10. The molecule has 0 aliphatic rings. The third-order valence-corrected chi connectivity index (χ3v) is 2.39. The Kier molecular flexibility index (Phi) is 2.94. The number of hydrogen-bond acceptors (Lipinski definition) is 1. The van der Waals surface area contributed by atoms with Gasteiger partial charge in [0.2, 0.25) is 0 Å². The highest BCUT2D eigenvalue weighted by Gasteiger charge is 2.02. The number of rotatable bonds is 2. The van der Waals surface area contributed by atoms with Gasteiger partial charge in [-0.15, -0.1) is 0 Å². The fraction of sp³-hybridized carbons (Fsp3) is 0.333. The molecule has 0 amide bonds. The van der Waals surface area contributed by atoms with Crippen molar-refractivity contribution in [1.82, 2.24) is 0 Å². The Morgan fingerprint density at radius 3 is 2.64 bits per heavy atom. The van der Waals surface area contributed by atoms with E-state index >= 15 is 0 Å². The second kappa shape index (κ2) is 3.77. The van der Waals surface area contributed by atoms with Crippen molar-refractivity contribution in [2.45, 2.75) is 13.3 Å². The number of ether oxygens (including phenoxy) is 1. The highest BCUT2D eigenvalue weighted by Crippen LogP contribution is 2.26. The minimum Gasteiger partial charge on any atom is -0.496 e. The molecule has 0 radical (unpaired) electrons. The van der Waals surface area contributed by atoms with Gasteiger partial charge in [-0.1, -0.05) is 28.9 Å². The molecule has 60 valence electrons. The largest absolute Gasteiger partial charge is 0.496 e. The molecule has 0 spiro atoms. The Bertz CT molecular complexity index is 245. The van der Waals surface area contributed by atoms with Gasteiger partial charge in [0.1, 0.15) is 5.75 Å². The Labute approximate surface area is 75.5 Å². The molecule has 1 aromatic rings. The van der Waals surface area contributed by atoms with Gasteiger partial charge >= 0.3 is 0 Å². The fourth-order valence-corrected chi connectivity index (χ4v) is 1.70. The first kappa shape index (κ1) is 8.60. The zero-order valence-electron chi connectivity index (χ0n) is 6.73.